The number of aryl methyl sites for hydroxylation is 1. The topological polar surface area (TPSA) is 117 Å². The van der Waals surface area contributed by atoms with E-state index in [4.69, 9.17) is 4.98 Å². The first-order chi connectivity index (χ1) is 16.8. The summed E-state index contributed by atoms with van der Waals surface area (Å²) in [5.74, 6) is -0.684. The molecular formula is C26H39N6O2S+. The first kappa shape index (κ1) is 26.7. The van der Waals surface area contributed by atoms with Gasteiger partial charge in [-0.25, -0.2) is 4.98 Å². The van der Waals surface area contributed by atoms with Crippen molar-refractivity contribution in [3.8, 4) is 0 Å². The number of amides is 1. The van der Waals surface area contributed by atoms with Crippen molar-refractivity contribution in [2.45, 2.75) is 51.8 Å². The Balaban J connectivity index is 1.61. The van der Waals surface area contributed by atoms with E-state index in [2.05, 4.69) is 28.3 Å². The molecule has 4 atom stereocenters. The predicted molar refractivity (Wildman–Crippen MR) is 143 cm³/mol. The van der Waals surface area contributed by atoms with Crippen LogP contribution in [0.15, 0.2) is 48.8 Å². The fourth-order valence-electron chi connectivity index (χ4n) is 4.39. The Bertz CT molecular complexity index is 1030. The molecule has 190 valence electrons. The van der Waals surface area contributed by atoms with Crippen LogP contribution >= 0.6 is 11.3 Å². The molecule has 7 N–H and O–H groups in total. The summed E-state index contributed by atoms with van der Waals surface area (Å²) >= 11 is 1.60. The van der Waals surface area contributed by atoms with Crippen LogP contribution in [0.25, 0.3) is 0 Å². The zero-order chi connectivity index (χ0) is 25.5. The van der Waals surface area contributed by atoms with Gasteiger partial charge in [-0.15, -0.1) is 11.3 Å². The van der Waals surface area contributed by atoms with Crippen molar-refractivity contribution in [3.05, 3.63) is 65.0 Å². The van der Waals surface area contributed by atoms with E-state index < -0.39 is 12.0 Å². The molecule has 2 heterocycles. The highest BCUT2D eigenvalue weighted by Crippen LogP contribution is 2.37. The van der Waals surface area contributed by atoms with Gasteiger partial charge in [0.15, 0.2) is 5.13 Å². The first-order valence-electron chi connectivity index (χ1n) is 12.2. The number of aromatic nitrogens is 1. The summed E-state index contributed by atoms with van der Waals surface area (Å²) in [6, 6.07) is 7.93. The standard InChI is InChI=1S/C26H38N6O2S/c1-16(25(34)32-15-6-8-22(32)23-19(4)35-26(28-5)31-23)24(33)18(3)30-17(2)20-9-11-21(12-10-20)29-14-7-13-27/h7,9-12,14,16-17,22,24,29-30,33H,3,6,8,13,15,27H2,1-2,4-5H3,(H,28,31)/p+1/b14-7-/t16-,17-,22-,24-/m1/s1. The van der Waals surface area contributed by atoms with Gasteiger partial charge in [0.25, 0.3) is 0 Å². The number of rotatable bonds is 11. The van der Waals surface area contributed by atoms with Crippen LogP contribution in [0, 0.1) is 12.8 Å². The van der Waals surface area contributed by atoms with E-state index in [0.717, 1.165) is 46.3 Å². The van der Waals surface area contributed by atoms with Gasteiger partial charge in [0, 0.05) is 42.1 Å². The maximum absolute atomic E-state index is 13.4. The van der Waals surface area contributed by atoms with Crippen LogP contribution in [-0.4, -0.2) is 47.1 Å². The maximum atomic E-state index is 13.4. The highest BCUT2D eigenvalue weighted by Gasteiger charge is 2.37. The molecule has 9 heteroatoms. The van der Waals surface area contributed by atoms with E-state index in [1.165, 1.54) is 0 Å². The lowest BCUT2D eigenvalue weighted by molar-refractivity contribution is -0.352. The molecule has 0 unspecified atom stereocenters. The monoisotopic (exact) mass is 499 g/mol. The van der Waals surface area contributed by atoms with E-state index in [9.17, 15) is 9.90 Å². The molecular weight excluding hydrogens is 460 g/mol. The van der Waals surface area contributed by atoms with Crippen LogP contribution in [0.2, 0.25) is 0 Å². The summed E-state index contributed by atoms with van der Waals surface area (Å²) in [6.07, 6.45) is 4.64. The molecule has 35 heavy (non-hydrogen) atoms. The van der Waals surface area contributed by atoms with Crippen LogP contribution in [0.5, 0.6) is 0 Å². The number of carbonyl (C=O) groups is 1. The van der Waals surface area contributed by atoms with Crippen LogP contribution in [-0.2, 0) is 4.79 Å². The van der Waals surface area contributed by atoms with Gasteiger partial charge in [-0.2, -0.15) is 0 Å². The summed E-state index contributed by atoms with van der Waals surface area (Å²) in [6.45, 7) is 11.3. The molecule has 0 radical (unpaired) electrons. The number of carbonyl (C=O) groups excluding carboxylic acids is 1. The van der Waals surface area contributed by atoms with Crippen LogP contribution in [0.4, 0.5) is 10.8 Å². The largest absolute Gasteiger partial charge is 0.386 e. The maximum Gasteiger partial charge on any atom is 0.228 e. The minimum atomic E-state index is -0.996. The lowest BCUT2D eigenvalue weighted by Crippen LogP contribution is -2.49. The smallest absolute Gasteiger partial charge is 0.228 e. The van der Waals surface area contributed by atoms with Gasteiger partial charge >= 0.3 is 0 Å². The second kappa shape index (κ2) is 12.2. The average molecular weight is 500 g/mol. The molecule has 0 aliphatic carbocycles. The van der Waals surface area contributed by atoms with Crippen LogP contribution in [0.3, 0.4) is 0 Å². The van der Waals surface area contributed by atoms with Gasteiger partial charge in [-0.3, -0.25) is 4.79 Å². The van der Waals surface area contributed by atoms with Gasteiger partial charge in [0.2, 0.25) is 5.91 Å². The number of hydrogen-bond acceptors (Lipinski definition) is 7. The van der Waals surface area contributed by atoms with Crippen molar-refractivity contribution in [2.24, 2.45) is 5.92 Å². The summed E-state index contributed by atoms with van der Waals surface area (Å²) in [5.41, 5.74) is 7.22. The number of hydrogen-bond donors (Lipinski definition) is 5. The Morgan fingerprint density at radius 2 is 2.09 bits per heavy atom. The van der Waals surface area contributed by atoms with E-state index in [0.29, 0.717) is 12.2 Å². The SMILES string of the molecule is C=C(N[C@H](C)c1ccc(N/C=C\C[NH3+])cc1)[C@H](O)[C@@H](C)C(=O)N1CCC[C@@H]1c1nc(NC)sc1C. The van der Waals surface area contributed by atoms with Gasteiger partial charge in [0.1, 0.15) is 6.10 Å². The molecule has 0 saturated carbocycles. The molecule has 0 spiro atoms. The van der Waals surface area contributed by atoms with Gasteiger partial charge < -0.3 is 31.7 Å². The predicted octanol–water partition coefficient (Wildman–Crippen LogP) is 3.19. The second-order valence-corrected chi connectivity index (χ2v) is 10.2. The Kier molecular flexibility index (Phi) is 9.31. The lowest BCUT2D eigenvalue weighted by Gasteiger charge is -2.30. The Hall–Kier alpha value is -2.88. The zero-order valence-corrected chi connectivity index (χ0v) is 22.0. The highest BCUT2D eigenvalue weighted by atomic mass is 32.1. The van der Waals surface area contributed by atoms with Crippen molar-refractivity contribution in [1.29, 1.82) is 0 Å². The fraction of sp³-hybridized carbons (Fsp3) is 0.462. The molecule has 1 aliphatic rings. The average Bonchev–Trinajstić information content (AvgIpc) is 3.49. The lowest BCUT2D eigenvalue weighted by atomic mass is 9.98. The van der Waals surface area contributed by atoms with E-state index in [1.54, 1.807) is 18.3 Å². The number of benzene rings is 1. The highest BCUT2D eigenvalue weighted by molar-refractivity contribution is 7.15. The number of aliphatic hydroxyl groups excluding tert-OH is 1. The third-order valence-corrected chi connectivity index (χ3v) is 7.47. The summed E-state index contributed by atoms with van der Waals surface area (Å²) in [5, 5.41) is 21.4. The van der Waals surface area contributed by atoms with E-state index >= 15 is 0 Å². The van der Waals surface area contributed by atoms with Gasteiger partial charge in [-0.1, -0.05) is 25.6 Å². The van der Waals surface area contributed by atoms with Crippen molar-refractivity contribution >= 4 is 28.1 Å². The van der Waals surface area contributed by atoms with Crippen molar-refractivity contribution in [2.75, 3.05) is 30.8 Å². The summed E-state index contributed by atoms with van der Waals surface area (Å²) < 4.78 is 0. The number of aliphatic hydroxyl groups is 1. The van der Waals surface area contributed by atoms with E-state index in [-0.39, 0.29) is 18.0 Å². The number of nitrogens with zero attached hydrogens (tertiary/aromatic N) is 2. The molecule has 0 bridgehead atoms. The zero-order valence-electron chi connectivity index (χ0n) is 21.2. The second-order valence-electron chi connectivity index (χ2n) is 8.98. The normalized spacial score (nSPS) is 18.3. The third kappa shape index (κ3) is 6.42. The van der Waals surface area contributed by atoms with E-state index in [1.807, 2.05) is 62.3 Å². The fourth-order valence-corrected chi connectivity index (χ4v) is 5.21. The molecule has 1 amide bonds. The molecule has 1 saturated heterocycles. The first-order valence-corrected chi connectivity index (χ1v) is 13.0. The number of thiazole rings is 1. The number of likely N-dealkylation sites (tertiary alicyclic amines) is 1. The molecule has 2 aromatic rings. The minimum absolute atomic E-state index is 0.0498. The van der Waals surface area contributed by atoms with Crippen molar-refractivity contribution in [1.82, 2.24) is 15.2 Å². The van der Waals surface area contributed by atoms with Gasteiger partial charge in [0.05, 0.1) is 24.2 Å². The number of nitrogens with one attached hydrogen (secondary N) is 3. The van der Waals surface area contributed by atoms with Crippen LogP contribution < -0.4 is 21.7 Å². The molecule has 1 aromatic heterocycles. The Labute approximate surface area is 212 Å². The van der Waals surface area contributed by atoms with Crippen molar-refractivity contribution < 1.29 is 15.6 Å². The van der Waals surface area contributed by atoms with Crippen molar-refractivity contribution in [3.63, 3.8) is 0 Å². The molecule has 1 aliphatic heterocycles. The Morgan fingerprint density at radius 1 is 1.37 bits per heavy atom. The third-order valence-electron chi connectivity index (χ3n) is 6.47. The van der Waals surface area contributed by atoms with Crippen LogP contribution in [0.1, 0.15) is 54.9 Å². The Morgan fingerprint density at radius 3 is 2.71 bits per heavy atom. The molecule has 1 fully saturated rings. The minimum Gasteiger partial charge on any atom is -0.386 e. The molecule has 1 aromatic carbocycles. The number of anilines is 2. The molecule has 8 nitrogen and oxygen atoms in total. The molecule has 3 rings (SSSR count). The summed E-state index contributed by atoms with van der Waals surface area (Å²) in [4.78, 5) is 21.1. The number of quaternary nitrogens is 1. The quantitative estimate of drug-likeness (QED) is 0.324. The van der Waals surface area contributed by atoms with Gasteiger partial charge in [-0.05, 0) is 50.5 Å². The summed E-state index contributed by atoms with van der Waals surface area (Å²) in [7, 11) is 1.85.